The number of para-hydroxylation sites is 2. The number of hydrogen-bond donors (Lipinski definition) is 2. The molecule has 0 saturated carbocycles. The minimum absolute atomic E-state index is 0.0946. The molecule has 1 aromatic heterocycles. The van der Waals surface area contributed by atoms with Crippen LogP contribution in [0.4, 0.5) is 0 Å². The Hall–Kier alpha value is -1.79. The van der Waals surface area contributed by atoms with E-state index in [0.717, 1.165) is 33.5 Å². The maximum absolute atomic E-state index is 12.6. The highest BCUT2D eigenvalue weighted by atomic mass is 79.9. The molecule has 124 valence electrons. The van der Waals surface area contributed by atoms with Crippen molar-refractivity contribution in [3.05, 3.63) is 64.4 Å². The number of aromatic amines is 1. The topological polar surface area (TPSA) is 57.8 Å². The molecule has 0 aliphatic carbocycles. The number of hydrogen-bond acceptors (Lipinski definition) is 3. The Balaban J connectivity index is 1.84. The molecule has 1 heterocycles. The fourth-order valence-electron chi connectivity index (χ4n) is 2.52. The van der Waals surface area contributed by atoms with Crippen molar-refractivity contribution < 1.29 is 4.79 Å². The summed E-state index contributed by atoms with van der Waals surface area (Å²) in [6.07, 6.45) is 2.88. The SMILES string of the molecule is CSCCC(NC(=O)c1cccc(Br)c1)c1nc2ccccc2[nH]1. The first-order chi connectivity index (χ1) is 11.7. The van der Waals surface area contributed by atoms with Gasteiger partial charge in [0.15, 0.2) is 0 Å². The molecule has 3 aromatic rings. The van der Waals surface area contributed by atoms with Crippen molar-refractivity contribution >= 4 is 44.6 Å². The van der Waals surface area contributed by atoms with Crippen molar-refractivity contribution in [1.82, 2.24) is 15.3 Å². The normalized spacial score (nSPS) is 12.2. The summed E-state index contributed by atoms with van der Waals surface area (Å²) in [5.41, 5.74) is 2.53. The van der Waals surface area contributed by atoms with E-state index in [0.29, 0.717) is 5.56 Å². The molecule has 0 aliphatic rings. The van der Waals surface area contributed by atoms with Crippen LogP contribution < -0.4 is 5.32 Å². The van der Waals surface area contributed by atoms with Crippen molar-refractivity contribution in [1.29, 1.82) is 0 Å². The van der Waals surface area contributed by atoms with Gasteiger partial charge in [-0.3, -0.25) is 4.79 Å². The zero-order valence-electron chi connectivity index (χ0n) is 13.3. The first kappa shape index (κ1) is 17.0. The van der Waals surface area contributed by atoms with Gasteiger partial charge in [0.05, 0.1) is 17.1 Å². The van der Waals surface area contributed by atoms with E-state index in [-0.39, 0.29) is 11.9 Å². The van der Waals surface area contributed by atoms with Crippen LogP contribution >= 0.6 is 27.7 Å². The average molecular weight is 404 g/mol. The molecule has 0 saturated heterocycles. The number of nitrogens with one attached hydrogen (secondary N) is 2. The van der Waals surface area contributed by atoms with Gasteiger partial charge in [-0.1, -0.05) is 34.1 Å². The monoisotopic (exact) mass is 403 g/mol. The van der Waals surface area contributed by atoms with E-state index in [9.17, 15) is 4.79 Å². The van der Waals surface area contributed by atoms with Gasteiger partial charge in [-0.15, -0.1) is 0 Å². The second kappa shape index (κ2) is 7.85. The van der Waals surface area contributed by atoms with Gasteiger partial charge in [-0.2, -0.15) is 11.8 Å². The Morgan fingerprint density at radius 1 is 1.29 bits per heavy atom. The summed E-state index contributed by atoms with van der Waals surface area (Å²) in [6, 6.07) is 15.1. The lowest BCUT2D eigenvalue weighted by molar-refractivity contribution is 0.0934. The molecule has 0 bridgehead atoms. The molecule has 0 spiro atoms. The lowest BCUT2D eigenvalue weighted by atomic mass is 10.1. The first-order valence-corrected chi connectivity index (χ1v) is 9.86. The number of fused-ring (bicyclic) bond motifs is 1. The molecule has 3 rings (SSSR count). The number of aromatic nitrogens is 2. The number of carbonyl (C=O) groups is 1. The molecule has 24 heavy (non-hydrogen) atoms. The second-order valence-corrected chi connectivity index (χ2v) is 7.36. The molecule has 0 radical (unpaired) electrons. The predicted octanol–water partition coefficient (Wildman–Crippen LogP) is 4.55. The Kier molecular flexibility index (Phi) is 5.58. The molecule has 2 aromatic carbocycles. The van der Waals surface area contributed by atoms with E-state index in [1.54, 1.807) is 11.8 Å². The summed E-state index contributed by atoms with van der Waals surface area (Å²) in [5.74, 6) is 1.65. The van der Waals surface area contributed by atoms with Gasteiger partial charge in [0.25, 0.3) is 5.91 Å². The number of carbonyl (C=O) groups excluding carboxylic acids is 1. The van der Waals surface area contributed by atoms with Crippen molar-refractivity contribution in [3.63, 3.8) is 0 Å². The Morgan fingerprint density at radius 2 is 2.12 bits per heavy atom. The Bertz CT molecular complexity index is 816. The summed E-state index contributed by atoms with van der Waals surface area (Å²) in [5, 5.41) is 3.11. The number of thioether (sulfide) groups is 1. The third kappa shape index (κ3) is 3.99. The highest BCUT2D eigenvalue weighted by molar-refractivity contribution is 9.10. The van der Waals surface area contributed by atoms with E-state index < -0.39 is 0 Å². The van der Waals surface area contributed by atoms with Crippen LogP contribution in [0.1, 0.15) is 28.6 Å². The lowest BCUT2D eigenvalue weighted by Gasteiger charge is -2.16. The molecular weight excluding hydrogens is 386 g/mol. The number of halogens is 1. The van der Waals surface area contributed by atoms with Crippen LogP contribution in [0.5, 0.6) is 0 Å². The lowest BCUT2D eigenvalue weighted by Crippen LogP contribution is -2.29. The zero-order chi connectivity index (χ0) is 16.9. The second-order valence-electron chi connectivity index (χ2n) is 5.46. The quantitative estimate of drug-likeness (QED) is 0.634. The van der Waals surface area contributed by atoms with Gasteiger partial charge in [0.2, 0.25) is 0 Å². The molecule has 1 unspecified atom stereocenters. The fraction of sp³-hybridized carbons (Fsp3) is 0.222. The summed E-state index contributed by atoms with van der Waals surface area (Å²) in [7, 11) is 0. The van der Waals surface area contributed by atoms with E-state index in [1.807, 2.05) is 48.5 Å². The van der Waals surface area contributed by atoms with Gasteiger partial charge in [-0.25, -0.2) is 4.98 Å². The minimum atomic E-state index is -0.142. The smallest absolute Gasteiger partial charge is 0.251 e. The van der Waals surface area contributed by atoms with Crippen LogP contribution in [0.2, 0.25) is 0 Å². The van der Waals surface area contributed by atoms with Gasteiger partial charge < -0.3 is 10.3 Å². The largest absolute Gasteiger partial charge is 0.342 e. The third-order valence-electron chi connectivity index (χ3n) is 3.74. The molecule has 2 N–H and O–H groups in total. The summed E-state index contributed by atoms with van der Waals surface area (Å²) >= 11 is 5.16. The number of benzene rings is 2. The van der Waals surface area contributed by atoms with Gasteiger partial charge in [0, 0.05) is 10.0 Å². The van der Waals surface area contributed by atoms with Crippen LogP contribution in [-0.4, -0.2) is 27.9 Å². The maximum Gasteiger partial charge on any atom is 0.251 e. The standard InChI is InChI=1S/C18H18BrN3OS/c1-24-10-9-16(17-20-14-7-2-3-8-15(14)21-17)22-18(23)12-5-4-6-13(19)11-12/h2-8,11,16H,9-10H2,1H3,(H,20,21)(H,22,23). The highest BCUT2D eigenvalue weighted by Crippen LogP contribution is 2.21. The predicted molar refractivity (Wildman–Crippen MR) is 103 cm³/mol. The number of imidazole rings is 1. The Labute approximate surface area is 153 Å². The van der Waals surface area contributed by atoms with Crippen LogP contribution in [0.25, 0.3) is 11.0 Å². The van der Waals surface area contributed by atoms with Gasteiger partial charge >= 0.3 is 0 Å². The molecule has 0 aliphatic heterocycles. The van der Waals surface area contributed by atoms with Crippen molar-refractivity contribution in [2.45, 2.75) is 12.5 Å². The summed E-state index contributed by atoms with van der Waals surface area (Å²) in [4.78, 5) is 20.5. The fourth-order valence-corrected chi connectivity index (χ4v) is 3.39. The van der Waals surface area contributed by atoms with Crippen LogP contribution in [0.15, 0.2) is 53.0 Å². The third-order valence-corrected chi connectivity index (χ3v) is 4.88. The molecule has 1 atom stereocenters. The number of H-pyrrole nitrogens is 1. The number of amides is 1. The van der Waals surface area contributed by atoms with Crippen LogP contribution in [0.3, 0.4) is 0 Å². The first-order valence-electron chi connectivity index (χ1n) is 7.67. The van der Waals surface area contributed by atoms with Gasteiger partial charge in [0.1, 0.15) is 5.82 Å². The van der Waals surface area contributed by atoms with Crippen LogP contribution in [-0.2, 0) is 0 Å². The molecular formula is C18H18BrN3OS. The highest BCUT2D eigenvalue weighted by Gasteiger charge is 2.19. The van der Waals surface area contributed by atoms with Crippen molar-refractivity contribution in [2.75, 3.05) is 12.0 Å². The van der Waals surface area contributed by atoms with E-state index in [1.165, 1.54) is 0 Å². The molecule has 0 fully saturated rings. The van der Waals surface area contributed by atoms with Gasteiger partial charge in [-0.05, 0) is 48.8 Å². The average Bonchev–Trinajstić information content (AvgIpc) is 3.02. The van der Waals surface area contributed by atoms with Crippen LogP contribution in [0, 0.1) is 0 Å². The van der Waals surface area contributed by atoms with Crippen molar-refractivity contribution in [2.24, 2.45) is 0 Å². The molecule has 6 heteroatoms. The van der Waals surface area contributed by atoms with E-state index >= 15 is 0 Å². The van der Waals surface area contributed by atoms with E-state index in [2.05, 4.69) is 37.5 Å². The number of nitrogens with zero attached hydrogens (tertiary/aromatic N) is 1. The summed E-state index contributed by atoms with van der Waals surface area (Å²) in [6.45, 7) is 0. The van der Waals surface area contributed by atoms with E-state index in [4.69, 9.17) is 0 Å². The maximum atomic E-state index is 12.6. The van der Waals surface area contributed by atoms with Crippen molar-refractivity contribution in [3.8, 4) is 0 Å². The Morgan fingerprint density at radius 3 is 2.88 bits per heavy atom. The number of rotatable bonds is 6. The molecule has 4 nitrogen and oxygen atoms in total. The molecule has 1 amide bonds. The zero-order valence-corrected chi connectivity index (χ0v) is 15.7. The minimum Gasteiger partial charge on any atom is -0.342 e. The summed E-state index contributed by atoms with van der Waals surface area (Å²) < 4.78 is 0.888.